The third-order valence-corrected chi connectivity index (χ3v) is 3.15. The predicted octanol–water partition coefficient (Wildman–Crippen LogP) is 2.55. The Bertz CT molecular complexity index is 397. The van der Waals surface area contributed by atoms with E-state index in [0.717, 1.165) is 37.4 Å². The zero-order chi connectivity index (χ0) is 12.8. The third-order valence-electron chi connectivity index (χ3n) is 3.15. The van der Waals surface area contributed by atoms with E-state index < -0.39 is 0 Å². The van der Waals surface area contributed by atoms with E-state index in [1.54, 1.807) is 7.11 Å². The van der Waals surface area contributed by atoms with Gasteiger partial charge in [0.05, 0.1) is 7.11 Å². The first-order valence-corrected chi connectivity index (χ1v) is 6.48. The lowest BCUT2D eigenvalue weighted by atomic mass is 10.1. The number of ether oxygens (including phenoxy) is 2. The molecule has 0 spiro atoms. The average Bonchev–Trinajstić information content (AvgIpc) is 2.42. The number of rotatable bonds is 5. The van der Waals surface area contributed by atoms with Crippen LogP contribution in [0.25, 0.3) is 0 Å². The molecular formula is C15H21NO2. The highest BCUT2D eigenvalue weighted by Gasteiger charge is 2.16. The highest BCUT2D eigenvalue weighted by Crippen LogP contribution is 2.30. The Morgan fingerprint density at radius 1 is 1.44 bits per heavy atom. The van der Waals surface area contributed by atoms with Crippen LogP contribution in [0.2, 0.25) is 0 Å². The number of hydrogen-bond acceptors (Lipinski definition) is 3. The molecule has 1 heterocycles. The molecule has 1 saturated heterocycles. The minimum absolute atomic E-state index is 0.248. The van der Waals surface area contributed by atoms with Gasteiger partial charge >= 0.3 is 0 Å². The minimum atomic E-state index is 0.248. The summed E-state index contributed by atoms with van der Waals surface area (Å²) < 4.78 is 11.4. The Labute approximate surface area is 109 Å². The Balaban J connectivity index is 2.08. The van der Waals surface area contributed by atoms with Crippen LogP contribution in [-0.4, -0.2) is 26.3 Å². The van der Waals surface area contributed by atoms with Crippen LogP contribution in [-0.2, 0) is 6.42 Å². The van der Waals surface area contributed by atoms with E-state index in [0.29, 0.717) is 0 Å². The zero-order valence-corrected chi connectivity index (χ0v) is 10.9. The van der Waals surface area contributed by atoms with E-state index in [1.165, 1.54) is 12.0 Å². The predicted molar refractivity (Wildman–Crippen MR) is 73.4 cm³/mol. The van der Waals surface area contributed by atoms with Crippen LogP contribution >= 0.6 is 0 Å². The van der Waals surface area contributed by atoms with Crippen molar-refractivity contribution in [3.05, 3.63) is 36.4 Å². The molecule has 1 aliphatic heterocycles. The van der Waals surface area contributed by atoms with Crippen LogP contribution in [0.15, 0.2) is 30.9 Å². The second kappa shape index (κ2) is 6.45. The number of piperidine rings is 1. The second-order valence-corrected chi connectivity index (χ2v) is 4.56. The van der Waals surface area contributed by atoms with Crippen molar-refractivity contribution in [2.24, 2.45) is 0 Å². The fourth-order valence-corrected chi connectivity index (χ4v) is 2.20. The second-order valence-electron chi connectivity index (χ2n) is 4.56. The number of methoxy groups -OCH3 is 1. The van der Waals surface area contributed by atoms with Gasteiger partial charge in [0.15, 0.2) is 11.5 Å². The van der Waals surface area contributed by atoms with E-state index in [-0.39, 0.29) is 6.10 Å². The Morgan fingerprint density at radius 3 is 3.00 bits per heavy atom. The van der Waals surface area contributed by atoms with Gasteiger partial charge in [-0.1, -0.05) is 12.1 Å². The first-order valence-electron chi connectivity index (χ1n) is 6.48. The van der Waals surface area contributed by atoms with Crippen molar-refractivity contribution in [2.75, 3.05) is 20.2 Å². The van der Waals surface area contributed by atoms with Crippen LogP contribution in [0.4, 0.5) is 0 Å². The fraction of sp³-hybridized carbons (Fsp3) is 0.467. The summed E-state index contributed by atoms with van der Waals surface area (Å²) in [6, 6.07) is 6.08. The summed E-state index contributed by atoms with van der Waals surface area (Å²) in [5.41, 5.74) is 1.19. The maximum atomic E-state index is 6.00. The molecule has 0 amide bonds. The van der Waals surface area contributed by atoms with E-state index >= 15 is 0 Å². The summed E-state index contributed by atoms with van der Waals surface area (Å²) in [4.78, 5) is 0. The lowest BCUT2D eigenvalue weighted by molar-refractivity contribution is 0.161. The van der Waals surface area contributed by atoms with Gasteiger partial charge in [-0.2, -0.15) is 0 Å². The number of benzene rings is 1. The van der Waals surface area contributed by atoms with Gasteiger partial charge in [-0.25, -0.2) is 0 Å². The molecule has 0 aliphatic carbocycles. The number of allylic oxidation sites excluding steroid dienone is 1. The van der Waals surface area contributed by atoms with Crippen molar-refractivity contribution in [2.45, 2.75) is 25.4 Å². The van der Waals surface area contributed by atoms with Gasteiger partial charge < -0.3 is 14.8 Å². The van der Waals surface area contributed by atoms with Crippen LogP contribution in [0.5, 0.6) is 11.5 Å². The number of nitrogens with one attached hydrogen (secondary N) is 1. The highest BCUT2D eigenvalue weighted by atomic mass is 16.5. The molecule has 1 aliphatic rings. The largest absolute Gasteiger partial charge is 0.493 e. The molecule has 0 bridgehead atoms. The van der Waals surface area contributed by atoms with Crippen molar-refractivity contribution in [1.29, 1.82) is 0 Å². The molecule has 1 aromatic carbocycles. The van der Waals surface area contributed by atoms with Crippen molar-refractivity contribution < 1.29 is 9.47 Å². The van der Waals surface area contributed by atoms with Crippen molar-refractivity contribution >= 4 is 0 Å². The standard InChI is InChI=1S/C15H21NO2/c1-3-5-12-7-8-14(15(10-12)17-2)18-13-6-4-9-16-11-13/h3,7-8,10,13,16H,1,4-6,9,11H2,2H3/t13-/m1/s1. The first kappa shape index (κ1) is 13.0. The van der Waals surface area contributed by atoms with E-state index in [2.05, 4.69) is 18.0 Å². The molecule has 18 heavy (non-hydrogen) atoms. The summed E-state index contributed by atoms with van der Waals surface area (Å²) >= 11 is 0. The van der Waals surface area contributed by atoms with Crippen LogP contribution in [0.3, 0.4) is 0 Å². The summed E-state index contributed by atoms with van der Waals surface area (Å²) in [6.45, 7) is 5.75. The molecule has 1 atom stereocenters. The van der Waals surface area contributed by atoms with E-state index in [9.17, 15) is 0 Å². The van der Waals surface area contributed by atoms with Crippen molar-refractivity contribution in [1.82, 2.24) is 5.32 Å². The molecule has 3 nitrogen and oxygen atoms in total. The maximum Gasteiger partial charge on any atom is 0.161 e. The molecule has 0 saturated carbocycles. The molecule has 98 valence electrons. The molecule has 0 unspecified atom stereocenters. The average molecular weight is 247 g/mol. The monoisotopic (exact) mass is 247 g/mol. The maximum absolute atomic E-state index is 6.00. The van der Waals surface area contributed by atoms with Gasteiger partial charge in [-0.3, -0.25) is 0 Å². The molecule has 0 radical (unpaired) electrons. The first-order chi connectivity index (χ1) is 8.83. The van der Waals surface area contributed by atoms with Crippen molar-refractivity contribution in [3.8, 4) is 11.5 Å². The Morgan fingerprint density at radius 2 is 2.33 bits per heavy atom. The SMILES string of the molecule is C=CCc1ccc(O[C@@H]2CCCNC2)c(OC)c1. The minimum Gasteiger partial charge on any atom is -0.493 e. The lowest BCUT2D eigenvalue weighted by Crippen LogP contribution is -2.37. The third kappa shape index (κ3) is 3.26. The molecule has 1 N–H and O–H groups in total. The van der Waals surface area contributed by atoms with Crippen molar-refractivity contribution in [3.63, 3.8) is 0 Å². The molecule has 1 aromatic rings. The molecule has 2 rings (SSSR count). The normalized spacial score (nSPS) is 19.3. The van der Waals surface area contributed by atoms with E-state index in [1.807, 2.05) is 18.2 Å². The van der Waals surface area contributed by atoms with Gasteiger partial charge in [0, 0.05) is 6.54 Å². The summed E-state index contributed by atoms with van der Waals surface area (Å²) in [5, 5.41) is 3.35. The lowest BCUT2D eigenvalue weighted by Gasteiger charge is -2.24. The molecule has 3 heteroatoms. The quantitative estimate of drug-likeness (QED) is 0.811. The molecule has 1 fully saturated rings. The smallest absolute Gasteiger partial charge is 0.161 e. The summed E-state index contributed by atoms with van der Waals surface area (Å²) in [6.07, 6.45) is 5.26. The van der Waals surface area contributed by atoms with Gasteiger partial charge in [0.1, 0.15) is 6.10 Å². The zero-order valence-electron chi connectivity index (χ0n) is 10.9. The summed E-state index contributed by atoms with van der Waals surface area (Å²) in [5.74, 6) is 1.64. The van der Waals surface area contributed by atoms with Gasteiger partial charge in [0.25, 0.3) is 0 Å². The van der Waals surface area contributed by atoms with Crippen LogP contribution in [0, 0.1) is 0 Å². The summed E-state index contributed by atoms with van der Waals surface area (Å²) in [7, 11) is 1.68. The molecule has 0 aromatic heterocycles. The van der Waals surface area contributed by atoms with Gasteiger partial charge in [0.2, 0.25) is 0 Å². The molecular weight excluding hydrogens is 226 g/mol. The fourth-order valence-electron chi connectivity index (χ4n) is 2.20. The topological polar surface area (TPSA) is 30.5 Å². The number of hydrogen-bond donors (Lipinski definition) is 1. The van der Waals surface area contributed by atoms with E-state index in [4.69, 9.17) is 9.47 Å². The van der Waals surface area contributed by atoms with Crippen LogP contribution in [0.1, 0.15) is 18.4 Å². The highest BCUT2D eigenvalue weighted by molar-refractivity contribution is 5.43. The van der Waals surface area contributed by atoms with Gasteiger partial charge in [-0.05, 0) is 43.5 Å². The Hall–Kier alpha value is -1.48. The van der Waals surface area contributed by atoms with Gasteiger partial charge in [-0.15, -0.1) is 6.58 Å². The Kier molecular flexibility index (Phi) is 4.65. The van der Waals surface area contributed by atoms with Crippen LogP contribution < -0.4 is 14.8 Å².